The maximum atomic E-state index is 2.34. The average molecular weight is 128 g/mol. The van der Waals surface area contributed by atoms with Crippen molar-refractivity contribution in [1.82, 2.24) is 4.90 Å². The number of unbranched alkanes of at least 4 members (excludes halogenated alkanes) is 1. The largest absolute Gasteiger partial charge is 0.299 e. The lowest BCUT2D eigenvalue weighted by Crippen LogP contribution is -2.19. The van der Waals surface area contributed by atoms with Gasteiger partial charge in [-0.15, -0.1) is 0 Å². The van der Waals surface area contributed by atoms with E-state index in [9.17, 15) is 0 Å². The fraction of sp³-hybridized carbons (Fsp3) is 0.875. The van der Waals surface area contributed by atoms with Crippen molar-refractivity contribution in [2.45, 2.75) is 33.6 Å². The summed E-state index contributed by atoms with van der Waals surface area (Å²) in [6.45, 7) is 11.2. The Balaban J connectivity index is 3.09. The van der Waals surface area contributed by atoms with Crippen molar-refractivity contribution in [3.63, 3.8) is 0 Å². The lowest BCUT2D eigenvalue weighted by molar-refractivity contribution is 0.358. The molecule has 1 nitrogen and oxygen atoms in total. The van der Waals surface area contributed by atoms with Crippen LogP contribution < -0.4 is 0 Å². The molecule has 0 bridgehead atoms. The topological polar surface area (TPSA) is 3.24 Å². The summed E-state index contributed by atoms with van der Waals surface area (Å²) >= 11 is 0. The number of hydrogen-bond donors (Lipinski definition) is 0. The first-order valence-electron chi connectivity index (χ1n) is 3.92. The second-order valence-corrected chi connectivity index (χ2v) is 2.19. The fourth-order valence-electron chi connectivity index (χ4n) is 0.793. The highest BCUT2D eigenvalue weighted by Crippen LogP contribution is 1.98. The summed E-state index contributed by atoms with van der Waals surface area (Å²) in [5.74, 6) is 0. The van der Waals surface area contributed by atoms with Gasteiger partial charge >= 0.3 is 0 Å². The summed E-state index contributed by atoms with van der Waals surface area (Å²) in [6, 6.07) is 0. The van der Waals surface area contributed by atoms with Gasteiger partial charge in [-0.1, -0.05) is 27.2 Å². The monoisotopic (exact) mass is 128 g/mol. The van der Waals surface area contributed by atoms with Gasteiger partial charge in [0.25, 0.3) is 0 Å². The lowest BCUT2D eigenvalue weighted by atomic mass is 10.3. The molecule has 0 heterocycles. The van der Waals surface area contributed by atoms with Gasteiger partial charge in [-0.25, -0.2) is 0 Å². The van der Waals surface area contributed by atoms with Crippen LogP contribution in [0.1, 0.15) is 33.6 Å². The van der Waals surface area contributed by atoms with Crippen LogP contribution in [0.15, 0.2) is 0 Å². The second kappa shape index (κ2) is 6.09. The van der Waals surface area contributed by atoms with Crippen LogP contribution in [0.2, 0.25) is 0 Å². The Labute approximate surface area is 59.1 Å². The highest BCUT2D eigenvalue weighted by molar-refractivity contribution is 4.63. The van der Waals surface area contributed by atoms with E-state index < -0.39 is 0 Å². The van der Waals surface area contributed by atoms with E-state index in [4.69, 9.17) is 0 Å². The first kappa shape index (κ1) is 8.96. The molecule has 0 N–H and O–H groups in total. The molecule has 0 aliphatic carbocycles. The predicted octanol–water partition coefficient (Wildman–Crippen LogP) is 2.29. The van der Waals surface area contributed by atoms with Gasteiger partial charge in [0.15, 0.2) is 0 Å². The highest BCUT2D eigenvalue weighted by Gasteiger charge is 1.95. The Bertz CT molecular complexity index is 48.5. The third-order valence-electron chi connectivity index (χ3n) is 1.49. The number of hydrogen-bond acceptors (Lipinski definition) is 1. The summed E-state index contributed by atoms with van der Waals surface area (Å²) in [5.41, 5.74) is 0. The van der Waals surface area contributed by atoms with Gasteiger partial charge < -0.3 is 0 Å². The predicted molar refractivity (Wildman–Crippen MR) is 42.1 cm³/mol. The third kappa shape index (κ3) is 4.46. The van der Waals surface area contributed by atoms with Crippen LogP contribution in [0.3, 0.4) is 0 Å². The van der Waals surface area contributed by atoms with Crippen LogP contribution in [0.4, 0.5) is 0 Å². The zero-order valence-corrected chi connectivity index (χ0v) is 6.85. The van der Waals surface area contributed by atoms with E-state index in [0.717, 1.165) is 13.1 Å². The van der Waals surface area contributed by atoms with Gasteiger partial charge in [-0.2, -0.15) is 0 Å². The van der Waals surface area contributed by atoms with E-state index in [1.807, 2.05) is 0 Å². The highest BCUT2D eigenvalue weighted by atomic mass is 15.1. The SMILES string of the molecule is CCC[CH]N(CC)CC. The third-order valence-corrected chi connectivity index (χ3v) is 1.49. The molecule has 0 rings (SSSR count). The molecule has 0 aromatic carbocycles. The molecule has 0 aromatic heterocycles. The molecule has 0 saturated carbocycles. The molecule has 0 fully saturated rings. The Morgan fingerprint density at radius 1 is 1.11 bits per heavy atom. The van der Waals surface area contributed by atoms with Gasteiger partial charge in [0.05, 0.1) is 0 Å². The van der Waals surface area contributed by atoms with E-state index in [0.29, 0.717) is 0 Å². The van der Waals surface area contributed by atoms with Crippen molar-refractivity contribution in [2.75, 3.05) is 13.1 Å². The average Bonchev–Trinajstić information content (AvgIpc) is 1.91. The standard InChI is InChI=1S/C8H18N/c1-4-7-8-9(5-2)6-3/h8H,4-7H2,1-3H3. The molecule has 1 heteroatoms. The molecular formula is C8H18N. The molecule has 55 valence electrons. The summed E-state index contributed by atoms with van der Waals surface area (Å²) in [7, 11) is 0. The zero-order chi connectivity index (χ0) is 7.11. The number of rotatable bonds is 5. The minimum Gasteiger partial charge on any atom is -0.299 e. The van der Waals surface area contributed by atoms with Crippen LogP contribution in [-0.2, 0) is 0 Å². The summed E-state index contributed by atoms with van der Waals surface area (Å²) < 4.78 is 0. The van der Waals surface area contributed by atoms with E-state index in [-0.39, 0.29) is 0 Å². The van der Waals surface area contributed by atoms with Crippen molar-refractivity contribution < 1.29 is 0 Å². The lowest BCUT2D eigenvalue weighted by Gasteiger charge is -2.15. The molecule has 0 atom stereocenters. The van der Waals surface area contributed by atoms with Crippen molar-refractivity contribution in [2.24, 2.45) is 0 Å². The van der Waals surface area contributed by atoms with E-state index >= 15 is 0 Å². The smallest absolute Gasteiger partial charge is 0.0251 e. The molecular weight excluding hydrogens is 110 g/mol. The van der Waals surface area contributed by atoms with Crippen LogP contribution in [0, 0.1) is 6.54 Å². The van der Waals surface area contributed by atoms with Crippen molar-refractivity contribution in [3.8, 4) is 0 Å². The zero-order valence-electron chi connectivity index (χ0n) is 6.85. The van der Waals surface area contributed by atoms with Crippen LogP contribution >= 0.6 is 0 Å². The Hall–Kier alpha value is -0.0400. The second-order valence-electron chi connectivity index (χ2n) is 2.19. The fourth-order valence-corrected chi connectivity index (χ4v) is 0.793. The van der Waals surface area contributed by atoms with Crippen molar-refractivity contribution in [3.05, 3.63) is 6.54 Å². The molecule has 0 aliphatic rings. The molecule has 0 amide bonds. The summed E-state index contributed by atoms with van der Waals surface area (Å²) in [5, 5.41) is 0. The maximum absolute atomic E-state index is 2.34. The summed E-state index contributed by atoms with van der Waals surface area (Å²) in [6.07, 6.45) is 2.48. The van der Waals surface area contributed by atoms with Gasteiger partial charge in [0, 0.05) is 6.54 Å². The first-order valence-corrected chi connectivity index (χ1v) is 3.92. The van der Waals surface area contributed by atoms with E-state index in [1.54, 1.807) is 0 Å². The molecule has 1 radical (unpaired) electrons. The molecule has 9 heavy (non-hydrogen) atoms. The minimum atomic E-state index is 1.15. The molecule has 0 spiro atoms. The Morgan fingerprint density at radius 3 is 2.00 bits per heavy atom. The Morgan fingerprint density at radius 2 is 1.67 bits per heavy atom. The van der Waals surface area contributed by atoms with Crippen molar-refractivity contribution in [1.29, 1.82) is 0 Å². The van der Waals surface area contributed by atoms with E-state index in [2.05, 4.69) is 32.2 Å². The quantitative estimate of drug-likeness (QED) is 0.549. The molecule has 0 aliphatic heterocycles. The van der Waals surface area contributed by atoms with Gasteiger partial charge in [0.2, 0.25) is 0 Å². The maximum Gasteiger partial charge on any atom is 0.0251 e. The van der Waals surface area contributed by atoms with Crippen LogP contribution in [0.25, 0.3) is 0 Å². The minimum absolute atomic E-state index is 1.15. The Kier molecular flexibility index (Phi) is 6.06. The number of nitrogens with zero attached hydrogens (tertiary/aromatic N) is 1. The summed E-state index contributed by atoms with van der Waals surface area (Å²) in [4.78, 5) is 2.34. The van der Waals surface area contributed by atoms with Gasteiger partial charge in [-0.3, -0.25) is 4.90 Å². The molecule has 0 unspecified atom stereocenters. The van der Waals surface area contributed by atoms with Crippen molar-refractivity contribution >= 4 is 0 Å². The van der Waals surface area contributed by atoms with Gasteiger partial charge in [0.1, 0.15) is 0 Å². The first-order chi connectivity index (χ1) is 4.35. The van der Waals surface area contributed by atoms with Gasteiger partial charge in [-0.05, 0) is 19.5 Å². The van der Waals surface area contributed by atoms with E-state index in [1.165, 1.54) is 12.8 Å². The van der Waals surface area contributed by atoms with Crippen LogP contribution in [-0.4, -0.2) is 18.0 Å². The molecule has 0 saturated heterocycles. The normalized spacial score (nSPS) is 10.7. The molecule has 0 aromatic rings. The van der Waals surface area contributed by atoms with Crippen LogP contribution in [0.5, 0.6) is 0 Å².